The number of aromatic hydroxyl groups is 1. The fraction of sp³-hybridized carbons (Fsp3) is 0.345. The molecule has 35 heavy (non-hydrogen) atoms. The van der Waals surface area contributed by atoms with Crippen LogP contribution in [0.5, 0.6) is 28.7 Å². The molecule has 0 radical (unpaired) electrons. The molecule has 3 aromatic rings. The van der Waals surface area contributed by atoms with Crippen molar-refractivity contribution in [1.29, 1.82) is 0 Å². The van der Waals surface area contributed by atoms with E-state index in [1.165, 1.54) is 0 Å². The van der Waals surface area contributed by atoms with Gasteiger partial charge in [-0.1, -0.05) is 44.2 Å². The molecule has 2 heterocycles. The van der Waals surface area contributed by atoms with Gasteiger partial charge in [-0.05, 0) is 60.2 Å². The van der Waals surface area contributed by atoms with Gasteiger partial charge in [-0.2, -0.15) is 0 Å². The number of rotatable bonds is 6. The molecule has 3 aromatic carbocycles. The van der Waals surface area contributed by atoms with Crippen molar-refractivity contribution in [2.24, 2.45) is 11.8 Å². The predicted octanol–water partition coefficient (Wildman–Crippen LogP) is 5.94. The Kier molecular flexibility index (Phi) is 6.53. The number of benzene rings is 3. The van der Waals surface area contributed by atoms with Gasteiger partial charge >= 0.3 is 0 Å². The second-order valence-corrected chi connectivity index (χ2v) is 9.72. The van der Waals surface area contributed by atoms with Crippen LogP contribution in [0.25, 0.3) is 0 Å². The van der Waals surface area contributed by atoms with Crippen LogP contribution in [0.3, 0.4) is 0 Å². The Morgan fingerprint density at radius 3 is 2.51 bits per heavy atom. The second-order valence-electron chi connectivity index (χ2n) is 9.72. The smallest absolute Gasteiger partial charge is 0.231 e. The average Bonchev–Trinajstić information content (AvgIpc) is 3.31. The molecule has 6 heteroatoms. The molecule has 2 aliphatic heterocycles. The Labute approximate surface area is 206 Å². The minimum Gasteiger partial charge on any atom is -0.508 e. The summed E-state index contributed by atoms with van der Waals surface area (Å²) in [7, 11) is 0. The van der Waals surface area contributed by atoms with Gasteiger partial charge in [0, 0.05) is 31.0 Å². The number of para-hydroxylation sites is 1. The van der Waals surface area contributed by atoms with E-state index in [0.29, 0.717) is 40.4 Å². The summed E-state index contributed by atoms with van der Waals surface area (Å²) in [6.07, 6.45) is 1.34. The number of amides is 1. The molecule has 0 spiro atoms. The van der Waals surface area contributed by atoms with Crippen LogP contribution in [0, 0.1) is 11.8 Å². The maximum atomic E-state index is 13.6. The van der Waals surface area contributed by atoms with Crippen molar-refractivity contribution < 1.29 is 24.1 Å². The summed E-state index contributed by atoms with van der Waals surface area (Å²) in [6, 6.07) is 20.4. The third kappa shape index (κ3) is 5.06. The first-order chi connectivity index (χ1) is 17.0. The van der Waals surface area contributed by atoms with Crippen LogP contribution in [0.15, 0.2) is 66.7 Å². The fourth-order valence-corrected chi connectivity index (χ4v) is 5.27. The SMILES string of the molecule is CC1CC(C)CN(C(=O)CC(c2ccc3c(c2)OCO3)c2c(O)cccc2Oc2ccccc2)C1. The van der Waals surface area contributed by atoms with E-state index < -0.39 is 5.92 Å². The zero-order chi connectivity index (χ0) is 24.4. The molecule has 2 aliphatic rings. The van der Waals surface area contributed by atoms with Crippen LogP contribution in [0.4, 0.5) is 0 Å². The lowest BCUT2D eigenvalue weighted by molar-refractivity contribution is -0.134. The predicted molar refractivity (Wildman–Crippen MR) is 133 cm³/mol. The van der Waals surface area contributed by atoms with Gasteiger partial charge < -0.3 is 24.2 Å². The van der Waals surface area contributed by atoms with Crippen molar-refractivity contribution in [2.75, 3.05) is 19.9 Å². The van der Waals surface area contributed by atoms with Gasteiger partial charge in [-0.15, -0.1) is 0 Å². The minimum absolute atomic E-state index is 0.0694. The van der Waals surface area contributed by atoms with E-state index >= 15 is 0 Å². The number of hydrogen-bond acceptors (Lipinski definition) is 5. The number of piperidine rings is 1. The van der Waals surface area contributed by atoms with E-state index in [1.54, 1.807) is 12.1 Å². The standard InChI is InChI=1S/C29H31NO5/c1-19-13-20(2)17-30(16-19)28(32)15-23(21-11-12-25-27(14-21)34-18-33-25)29-24(31)9-6-10-26(29)35-22-7-4-3-5-8-22/h3-12,14,19-20,23,31H,13,15-18H2,1-2H3. The second kappa shape index (κ2) is 9.90. The van der Waals surface area contributed by atoms with Crippen molar-refractivity contribution in [2.45, 2.75) is 32.6 Å². The summed E-state index contributed by atoms with van der Waals surface area (Å²) in [6.45, 7) is 6.07. The van der Waals surface area contributed by atoms with Crippen molar-refractivity contribution in [1.82, 2.24) is 4.90 Å². The Bertz CT molecular complexity index is 1180. The third-order valence-electron chi connectivity index (χ3n) is 6.76. The number of fused-ring (bicyclic) bond motifs is 1. The van der Waals surface area contributed by atoms with Crippen molar-refractivity contribution >= 4 is 5.91 Å². The Balaban J connectivity index is 1.54. The summed E-state index contributed by atoms with van der Waals surface area (Å²) in [5, 5.41) is 11.0. The molecule has 3 atom stereocenters. The highest BCUT2D eigenvalue weighted by atomic mass is 16.7. The van der Waals surface area contributed by atoms with E-state index in [-0.39, 0.29) is 24.9 Å². The van der Waals surface area contributed by atoms with Crippen molar-refractivity contribution in [3.05, 3.63) is 77.9 Å². The van der Waals surface area contributed by atoms with E-state index in [9.17, 15) is 9.90 Å². The number of carbonyl (C=O) groups is 1. The molecule has 1 N–H and O–H groups in total. The summed E-state index contributed by atoms with van der Waals surface area (Å²) in [5.41, 5.74) is 1.45. The molecule has 0 saturated carbocycles. The molecule has 182 valence electrons. The van der Waals surface area contributed by atoms with Crippen LogP contribution >= 0.6 is 0 Å². The Morgan fingerprint density at radius 2 is 1.74 bits per heavy atom. The van der Waals surface area contributed by atoms with Crippen LogP contribution < -0.4 is 14.2 Å². The van der Waals surface area contributed by atoms with Crippen LogP contribution in [0.2, 0.25) is 0 Å². The molecule has 1 fully saturated rings. The lowest BCUT2D eigenvalue weighted by atomic mass is 9.85. The molecule has 6 nitrogen and oxygen atoms in total. The fourth-order valence-electron chi connectivity index (χ4n) is 5.27. The van der Waals surface area contributed by atoms with Crippen LogP contribution in [0.1, 0.15) is 43.7 Å². The number of likely N-dealkylation sites (tertiary alicyclic amines) is 1. The number of ether oxygens (including phenoxy) is 3. The van der Waals surface area contributed by atoms with E-state index in [1.807, 2.05) is 59.5 Å². The van der Waals surface area contributed by atoms with Crippen LogP contribution in [-0.4, -0.2) is 35.8 Å². The first kappa shape index (κ1) is 23.1. The normalized spacial score (nSPS) is 19.9. The van der Waals surface area contributed by atoms with Crippen molar-refractivity contribution in [3.63, 3.8) is 0 Å². The Hall–Kier alpha value is -3.67. The first-order valence-corrected chi connectivity index (χ1v) is 12.2. The van der Waals surface area contributed by atoms with Crippen molar-refractivity contribution in [3.8, 4) is 28.7 Å². The highest BCUT2D eigenvalue weighted by Crippen LogP contribution is 2.44. The van der Waals surface area contributed by atoms with E-state index in [0.717, 1.165) is 25.1 Å². The minimum atomic E-state index is -0.426. The molecule has 0 aromatic heterocycles. The van der Waals surface area contributed by atoms with Gasteiger partial charge in [0.2, 0.25) is 12.7 Å². The van der Waals surface area contributed by atoms with E-state index in [2.05, 4.69) is 13.8 Å². The molecular formula is C29H31NO5. The topological polar surface area (TPSA) is 68.2 Å². The molecule has 0 bridgehead atoms. The molecular weight excluding hydrogens is 442 g/mol. The Morgan fingerprint density at radius 1 is 1.00 bits per heavy atom. The van der Waals surface area contributed by atoms with Gasteiger partial charge in [0.1, 0.15) is 17.2 Å². The highest BCUT2D eigenvalue weighted by molar-refractivity contribution is 5.78. The maximum Gasteiger partial charge on any atom is 0.231 e. The quantitative estimate of drug-likeness (QED) is 0.480. The largest absolute Gasteiger partial charge is 0.508 e. The average molecular weight is 474 g/mol. The van der Waals surface area contributed by atoms with E-state index in [4.69, 9.17) is 14.2 Å². The zero-order valence-corrected chi connectivity index (χ0v) is 20.1. The van der Waals surface area contributed by atoms with Gasteiger partial charge in [0.25, 0.3) is 0 Å². The molecule has 0 aliphatic carbocycles. The summed E-state index contributed by atoms with van der Waals surface area (Å²) in [5.74, 6) is 3.17. The van der Waals surface area contributed by atoms with Gasteiger partial charge in [0.15, 0.2) is 11.5 Å². The third-order valence-corrected chi connectivity index (χ3v) is 6.76. The number of hydrogen-bond donors (Lipinski definition) is 1. The lowest BCUT2D eigenvalue weighted by Gasteiger charge is -2.36. The lowest BCUT2D eigenvalue weighted by Crippen LogP contribution is -2.43. The summed E-state index contributed by atoms with van der Waals surface area (Å²) < 4.78 is 17.3. The number of nitrogens with zero attached hydrogens (tertiary/aromatic N) is 1. The zero-order valence-electron chi connectivity index (χ0n) is 20.1. The highest BCUT2D eigenvalue weighted by Gasteiger charge is 2.31. The first-order valence-electron chi connectivity index (χ1n) is 12.2. The summed E-state index contributed by atoms with van der Waals surface area (Å²) >= 11 is 0. The monoisotopic (exact) mass is 473 g/mol. The van der Waals surface area contributed by atoms with Gasteiger partial charge in [-0.25, -0.2) is 0 Å². The molecule has 5 rings (SSSR count). The number of carbonyl (C=O) groups excluding carboxylic acids is 1. The molecule has 3 unspecified atom stereocenters. The molecule has 1 saturated heterocycles. The molecule has 1 amide bonds. The van der Waals surface area contributed by atoms with Gasteiger partial charge in [0.05, 0.1) is 0 Å². The maximum absolute atomic E-state index is 13.6. The van der Waals surface area contributed by atoms with Gasteiger partial charge in [-0.3, -0.25) is 4.79 Å². The number of phenolic OH excluding ortho intramolecular Hbond substituents is 1. The van der Waals surface area contributed by atoms with Crippen LogP contribution in [-0.2, 0) is 4.79 Å². The number of phenols is 1. The summed E-state index contributed by atoms with van der Waals surface area (Å²) in [4.78, 5) is 15.6.